The molecule has 38 heavy (non-hydrogen) atoms. The number of hydrogen-bond donors (Lipinski definition) is 1. The maximum Gasteiger partial charge on any atom is 0.251 e. The van der Waals surface area contributed by atoms with E-state index in [0.29, 0.717) is 28.8 Å². The lowest BCUT2D eigenvalue weighted by Crippen LogP contribution is -2.49. The first-order valence-electron chi connectivity index (χ1n) is 12.2. The van der Waals surface area contributed by atoms with Gasteiger partial charge in [-0.25, -0.2) is 0 Å². The van der Waals surface area contributed by atoms with Gasteiger partial charge in [0.05, 0.1) is 7.11 Å². The van der Waals surface area contributed by atoms with E-state index in [-0.39, 0.29) is 24.8 Å². The number of aromatic nitrogens is 4. The molecule has 1 aromatic carbocycles. The third-order valence-electron chi connectivity index (χ3n) is 5.61. The standard InChI is InChI=1S/C27H32N6O5/c1-17-7-13-21(37-17)24(26(35)28-27(3,4)5)32(15-19-9-11-20(36-6)12-10-19)23(34)16-33-30-25(29-31-33)22-14-8-18(2)38-22/h7-14,24H,15-16H2,1-6H3,(H,28,35)/t24-/m1/s1. The Balaban J connectivity index is 1.68. The minimum atomic E-state index is -1.03. The SMILES string of the molecule is COc1ccc(CN(C(=O)Cn2nnc(-c3ccc(C)o3)n2)[C@@H](C(=O)NC(C)(C)C)c2ccc(C)o2)cc1. The number of nitrogens with one attached hydrogen (secondary N) is 1. The number of benzene rings is 1. The summed E-state index contributed by atoms with van der Waals surface area (Å²) in [4.78, 5) is 30.1. The summed E-state index contributed by atoms with van der Waals surface area (Å²) >= 11 is 0. The first-order chi connectivity index (χ1) is 18.0. The van der Waals surface area contributed by atoms with Crippen LogP contribution in [0, 0.1) is 13.8 Å². The van der Waals surface area contributed by atoms with Crippen LogP contribution in [-0.2, 0) is 22.7 Å². The molecule has 0 aliphatic rings. The second kappa shape index (κ2) is 10.9. The number of rotatable bonds is 9. The third kappa shape index (κ3) is 6.47. The van der Waals surface area contributed by atoms with Crippen molar-refractivity contribution < 1.29 is 23.2 Å². The van der Waals surface area contributed by atoms with Crippen LogP contribution >= 0.6 is 0 Å². The van der Waals surface area contributed by atoms with Crippen molar-refractivity contribution in [1.82, 2.24) is 30.4 Å². The van der Waals surface area contributed by atoms with Crippen molar-refractivity contribution in [3.63, 3.8) is 0 Å². The maximum atomic E-state index is 13.8. The lowest BCUT2D eigenvalue weighted by Gasteiger charge is -2.32. The minimum Gasteiger partial charge on any atom is -0.497 e. The van der Waals surface area contributed by atoms with Crippen LogP contribution < -0.4 is 10.1 Å². The molecule has 0 unspecified atom stereocenters. The van der Waals surface area contributed by atoms with E-state index in [0.717, 1.165) is 5.56 Å². The molecule has 0 saturated carbocycles. The van der Waals surface area contributed by atoms with E-state index in [1.807, 2.05) is 39.8 Å². The number of aryl methyl sites for hydroxylation is 2. The van der Waals surface area contributed by atoms with E-state index in [1.54, 1.807) is 50.4 Å². The van der Waals surface area contributed by atoms with E-state index in [2.05, 4.69) is 20.7 Å². The highest BCUT2D eigenvalue weighted by Gasteiger charge is 2.36. The monoisotopic (exact) mass is 520 g/mol. The molecule has 200 valence electrons. The number of carbonyl (C=O) groups excluding carboxylic acids is 2. The third-order valence-corrected chi connectivity index (χ3v) is 5.61. The zero-order valence-electron chi connectivity index (χ0n) is 22.4. The molecular formula is C27H32N6O5. The number of amides is 2. The van der Waals surface area contributed by atoms with Gasteiger partial charge in [-0.3, -0.25) is 9.59 Å². The van der Waals surface area contributed by atoms with Gasteiger partial charge in [0.1, 0.15) is 29.6 Å². The average Bonchev–Trinajstić information content (AvgIpc) is 3.59. The highest BCUT2D eigenvalue weighted by molar-refractivity contribution is 5.88. The van der Waals surface area contributed by atoms with Gasteiger partial charge in [-0.2, -0.15) is 4.80 Å². The van der Waals surface area contributed by atoms with Gasteiger partial charge >= 0.3 is 0 Å². The fraction of sp³-hybridized carbons (Fsp3) is 0.370. The molecule has 4 aromatic rings. The van der Waals surface area contributed by atoms with Crippen molar-refractivity contribution in [3.05, 3.63) is 71.4 Å². The lowest BCUT2D eigenvalue weighted by molar-refractivity contribution is -0.143. The van der Waals surface area contributed by atoms with Crippen LogP contribution in [0.2, 0.25) is 0 Å². The van der Waals surface area contributed by atoms with E-state index >= 15 is 0 Å². The molecule has 0 radical (unpaired) electrons. The van der Waals surface area contributed by atoms with Gasteiger partial charge in [0, 0.05) is 12.1 Å². The topological polar surface area (TPSA) is 129 Å². The molecular weight excluding hydrogens is 488 g/mol. The van der Waals surface area contributed by atoms with Crippen molar-refractivity contribution in [2.75, 3.05) is 7.11 Å². The molecule has 0 aliphatic carbocycles. The molecule has 1 N–H and O–H groups in total. The largest absolute Gasteiger partial charge is 0.497 e. The van der Waals surface area contributed by atoms with Crippen molar-refractivity contribution in [2.45, 2.75) is 59.3 Å². The van der Waals surface area contributed by atoms with Crippen molar-refractivity contribution in [2.24, 2.45) is 0 Å². The summed E-state index contributed by atoms with van der Waals surface area (Å²) in [5.74, 6) is 2.31. The Labute approximate surface area is 220 Å². The van der Waals surface area contributed by atoms with E-state index < -0.39 is 17.5 Å². The van der Waals surface area contributed by atoms with Gasteiger partial charge in [0.2, 0.25) is 11.7 Å². The number of ether oxygens (including phenoxy) is 1. The molecule has 3 aromatic heterocycles. The Bertz CT molecular complexity index is 1400. The highest BCUT2D eigenvalue weighted by atomic mass is 16.5. The molecule has 11 nitrogen and oxygen atoms in total. The lowest BCUT2D eigenvalue weighted by atomic mass is 10.1. The number of tetrazole rings is 1. The van der Waals surface area contributed by atoms with Crippen molar-refractivity contribution >= 4 is 11.8 Å². The quantitative estimate of drug-likeness (QED) is 0.353. The number of nitrogens with zero attached hydrogens (tertiary/aromatic N) is 5. The van der Waals surface area contributed by atoms with Crippen LogP contribution in [-0.4, -0.2) is 49.6 Å². The Morgan fingerprint density at radius 1 is 1.03 bits per heavy atom. The van der Waals surface area contributed by atoms with Gasteiger partial charge in [0.15, 0.2) is 11.8 Å². The first-order valence-corrected chi connectivity index (χ1v) is 12.2. The van der Waals surface area contributed by atoms with Crippen molar-refractivity contribution in [1.29, 1.82) is 0 Å². The molecule has 4 rings (SSSR count). The smallest absolute Gasteiger partial charge is 0.251 e. The van der Waals surface area contributed by atoms with Crippen LogP contribution in [0.15, 0.2) is 57.4 Å². The second-order valence-electron chi connectivity index (χ2n) is 10.0. The average molecular weight is 521 g/mol. The number of methoxy groups -OCH3 is 1. The molecule has 11 heteroatoms. The molecule has 3 heterocycles. The van der Waals surface area contributed by atoms with Gasteiger partial charge in [0.25, 0.3) is 5.91 Å². The van der Waals surface area contributed by atoms with E-state index in [4.69, 9.17) is 13.6 Å². The zero-order chi connectivity index (χ0) is 27.4. The predicted octanol–water partition coefficient (Wildman–Crippen LogP) is 3.84. The Morgan fingerprint density at radius 2 is 1.71 bits per heavy atom. The van der Waals surface area contributed by atoms with Crippen LogP contribution in [0.3, 0.4) is 0 Å². The fourth-order valence-electron chi connectivity index (χ4n) is 3.89. The summed E-state index contributed by atoms with van der Waals surface area (Å²) < 4.78 is 16.7. The van der Waals surface area contributed by atoms with Crippen molar-refractivity contribution in [3.8, 4) is 17.3 Å². The van der Waals surface area contributed by atoms with Crippen LogP contribution in [0.25, 0.3) is 11.6 Å². The number of furan rings is 2. The van der Waals surface area contributed by atoms with E-state index in [1.165, 1.54) is 9.70 Å². The maximum absolute atomic E-state index is 13.8. The molecule has 1 atom stereocenters. The Kier molecular flexibility index (Phi) is 7.65. The summed E-state index contributed by atoms with van der Waals surface area (Å²) in [6, 6.07) is 13.3. The molecule has 0 fully saturated rings. The molecule has 0 aliphatic heterocycles. The first kappa shape index (κ1) is 26.6. The minimum absolute atomic E-state index is 0.129. The summed E-state index contributed by atoms with van der Waals surface area (Å²) in [5, 5.41) is 15.3. The summed E-state index contributed by atoms with van der Waals surface area (Å²) in [6.45, 7) is 9.11. The predicted molar refractivity (Wildman–Crippen MR) is 138 cm³/mol. The summed E-state index contributed by atoms with van der Waals surface area (Å²) in [6.07, 6.45) is 0. The van der Waals surface area contributed by atoms with Gasteiger partial charge in [-0.15, -0.1) is 10.2 Å². The molecule has 0 spiro atoms. The van der Waals surface area contributed by atoms with Gasteiger partial charge in [-0.05, 0) is 81.8 Å². The van der Waals surface area contributed by atoms with Crippen LogP contribution in [0.5, 0.6) is 5.75 Å². The zero-order valence-corrected chi connectivity index (χ0v) is 22.4. The number of hydrogen-bond acceptors (Lipinski definition) is 8. The second-order valence-corrected chi connectivity index (χ2v) is 10.0. The molecule has 2 amide bonds. The molecule has 0 bridgehead atoms. The molecule has 0 saturated heterocycles. The van der Waals surface area contributed by atoms with Gasteiger partial charge < -0.3 is 23.8 Å². The van der Waals surface area contributed by atoms with Crippen LogP contribution in [0.1, 0.15) is 49.7 Å². The normalized spacial score (nSPS) is 12.3. The van der Waals surface area contributed by atoms with Gasteiger partial charge in [-0.1, -0.05) is 12.1 Å². The number of carbonyl (C=O) groups is 2. The van der Waals surface area contributed by atoms with Crippen LogP contribution in [0.4, 0.5) is 0 Å². The fourth-order valence-corrected chi connectivity index (χ4v) is 3.89. The summed E-state index contributed by atoms with van der Waals surface area (Å²) in [5.41, 5.74) is 0.268. The summed E-state index contributed by atoms with van der Waals surface area (Å²) in [7, 11) is 1.58. The Morgan fingerprint density at radius 3 is 2.29 bits per heavy atom. The highest BCUT2D eigenvalue weighted by Crippen LogP contribution is 2.27. The Hall–Kier alpha value is -4.41. The van der Waals surface area contributed by atoms with E-state index in [9.17, 15) is 9.59 Å².